The molecule has 0 fully saturated rings. The Hall–Kier alpha value is -2.01. The number of anilines is 1. The van der Waals surface area contributed by atoms with E-state index >= 15 is 0 Å². The van der Waals surface area contributed by atoms with Gasteiger partial charge in [-0.05, 0) is 43.4 Å². The Morgan fingerprint density at radius 1 is 1.29 bits per heavy atom. The molecule has 1 aromatic carbocycles. The van der Waals surface area contributed by atoms with Crippen molar-refractivity contribution in [2.24, 2.45) is 0 Å². The van der Waals surface area contributed by atoms with Crippen LogP contribution in [0.1, 0.15) is 18.7 Å². The third kappa shape index (κ3) is 2.74. The number of benzene rings is 1. The predicted octanol–water partition coefficient (Wildman–Crippen LogP) is 3.27. The Morgan fingerprint density at radius 2 is 2.14 bits per heavy atom. The minimum absolute atomic E-state index is 0.277. The van der Waals surface area contributed by atoms with Gasteiger partial charge in [-0.15, -0.1) is 0 Å². The maximum atomic E-state index is 5.58. The molecule has 0 saturated carbocycles. The van der Waals surface area contributed by atoms with Crippen molar-refractivity contribution in [3.63, 3.8) is 0 Å². The smallest absolute Gasteiger partial charge is 0.174 e. The molecule has 1 aliphatic heterocycles. The summed E-state index contributed by atoms with van der Waals surface area (Å²) in [6.07, 6.45) is 2.13. The molecule has 0 radical (unpaired) electrons. The molecule has 0 amide bonds. The molecule has 1 unspecified atom stereocenters. The van der Waals surface area contributed by atoms with Crippen molar-refractivity contribution in [2.75, 3.05) is 19.0 Å². The van der Waals surface area contributed by atoms with Crippen molar-refractivity contribution >= 4 is 23.0 Å². The highest BCUT2D eigenvalue weighted by Gasteiger charge is 2.25. The lowest BCUT2D eigenvalue weighted by Gasteiger charge is -2.36. The first kappa shape index (κ1) is 13.9. The van der Waals surface area contributed by atoms with Crippen LogP contribution in [0.25, 0.3) is 0 Å². The predicted molar refractivity (Wildman–Crippen MR) is 88.8 cm³/mol. The zero-order valence-corrected chi connectivity index (χ0v) is 13.1. The summed E-state index contributed by atoms with van der Waals surface area (Å²) in [6.45, 7) is 4.07. The first-order valence-corrected chi connectivity index (χ1v) is 7.46. The molecule has 1 N–H and O–H groups in total. The molecule has 21 heavy (non-hydrogen) atoms. The first-order valence-electron chi connectivity index (χ1n) is 7.06. The van der Waals surface area contributed by atoms with E-state index in [9.17, 15) is 0 Å². The fourth-order valence-electron chi connectivity index (χ4n) is 2.75. The highest BCUT2D eigenvalue weighted by molar-refractivity contribution is 7.80. The van der Waals surface area contributed by atoms with E-state index in [-0.39, 0.29) is 6.04 Å². The van der Waals surface area contributed by atoms with Crippen molar-refractivity contribution in [3.05, 3.63) is 48.3 Å². The molecule has 2 aromatic rings. The fraction of sp³-hybridized carbons (Fsp3) is 0.312. The lowest BCUT2D eigenvalue weighted by atomic mass is 10.1. The van der Waals surface area contributed by atoms with Crippen molar-refractivity contribution in [3.8, 4) is 5.75 Å². The Balaban J connectivity index is 1.74. The number of thiocarbonyl (C=S) groups is 1. The first-order chi connectivity index (χ1) is 10.2. The summed E-state index contributed by atoms with van der Waals surface area (Å²) in [6, 6.07) is 12.3. The number of hydrogen-bond acceptors (Lipinski definition) is 2. The summed E-state index contributed by atoms with van der Waals surface area (Å²) in [5, 5.41) is 4.06. The Kier molecular flexibility index (Phi) is 3.84. The van der Waals surface area contributed by atoms with Crippen LogP contribution in [-0.4, -0.2) is 28.2 Å². The van der Waals surface area contributed by atoms with Crippen LogP contribution < -0.4 is 10.1 Å². The summed E-state index contributed by atoms with van der Waals surface area (Å²) in [5.74, 6) is 0.823. The number of nitrogens with zero attached hydrogens (tertiary/aromatic N) is 2. The highest BCUT2D eigenvalue weighted by atomic mass is 32.1. The van der Waals surface area contributed by atoms with Gasteiger partial charge in [0.2, 0.25) is 0 Å². The quantitative estimate of drug-likeness (QED) is 0.862. The SMILES string of the molecule is COc1cccc(NC(=S)N2CCn3cccc3C2C)c1. The molecule has 4 nitrogen and oxygen atoms in total. The monoisotopic (exact) mass is 301 g/mol. The number of ether oxygens (including phenoxy) is 1. The zero-order valence-electron chi connectivity index (χ0n) is 12.2. The van der Waals surface area contributed by atoms with Crippen molar-refractivity contribution in [2.45, 2.75) is 19.5 Å². The molecule has 110 valence electrons. The highest BCUT2D eigenvalue weighted by Crippen LogP contribution is 2.26. The standard InChI is InChI=1S/C16H19N3OS/c1-12-15-7-4-8-18(15)9-10-19(12)16(21)17-13-5-3-6-14(11-13)20-2/h3-8,11-12H,9-10H2,1-2H3,(H,17,21). The van der Waals surface area contributed by atoms with Gasteiger partial charge in [0.15, 0.2) is 5.11 Å². The Labute approximate surface area is 130 Å². The van der Waals surface area contributed by atoms with Crippen LogP contribution in [0.3, 0.4) is 0 Å². The second kappa shape index (κ2) is 5.77. The van der Waals surface area contributed by atoms with E-state index in [0.29, 0.717) is 0 Å². The normalized spacial score (nSPS) is 17.2. The fourth-order valence-corrected chi connectivity index (χ4v) is 3.12. The molecular weight excluding hydrogens is 282 g/mol. The number of aromatic nitrogens is 1. The minimum Gasteiger partial charge on any atom is -0.497 e. The van der Waals surface area contributed by atoms with E-state index in [1.54, 1.807) is 7.11 Å². The maximum Gasteiger partial charge on any atom is 0.174 e. The van der Waals surface area contributed by atoms with Gasteiger partial charge in [0.1, 0.15) is 5.75 Å². The van der Waals surface area contributed by atoms with Gasteiger partial charge in [0.05, 0.1) is 13.2 Å². The molecular formula is C16H19N3OS. The second-order valence-corrected chi connectivity index (χ2v) is 5.54. The van der Waals surface area contributed by atoms with Crippen molar-refractivity contribution in [1.82, 2.24) is 9.47 Å². The van der Waals surface area contributed by atoms with Gasteiger partial charge in [-0.3, -0.25) is 0 Å². The molecule has 0 aliphatic carbocycles. The summed E-state index contributed by atoms with van der Waals surface area (Å²) in [4.78, 5) is 2.23. The second-order valence-electron chi connectivity index (χ2n) is 5.16. The number of rotatable bonds is 2. The van der Waals surface area contributed by atoms with Gasteiger partial charge >= 0.3 is 0 Å². The minimum atomic E-state index is 0.277. The lowest BCUT2D eigenvalue weighted by Crippen LogP contribution is -2.42. The van der Waals surface area contributed by atoms with E-state index in [4.69, 9.17) is 17.0 Å². The van der Waals surface area contributed by atoms with E-state index in [1.807, 2.05) is 24.3 Å². The molecule has 0 saturated heterocycles. The van der Waals surface area contributed by atoms with E-state index < -0.39 is 0 Å². The summed E-state index contributed by atoms with van der Waals surface area (Å²) >= 11 is 5.58. The number of methoxy groups -OCH3 is 1. The molecule has 1 aliphatic rings. The number of hydrogen-bond donors (Lipinski definition) is 1. The van der Waals surface area contributed by atoms with E-state index in [1.165, 1.54) is 5.69 Å². The third-order valence-corrected chi connectivity index (χ3v) is 4.26. The van der Waals surface area contributed by atoms with E-state index in [2.05, 4.69) is 40.0 Å². The summed E-state index contributed by atoms with van der Waals surface area (Å²) in [5.41, 5.74) is 2.25. The molecule has 3 rings (SSSR count). The van der Waals surface area contributed by atoms with Crippen LogP contribution in [0.15, 0.2) is 42.6 Å². The summed E-state index contributed by atoms with van der Waals surface area (Å²) in [7, 11) is 1.66. The molecule has 1 aromatic heterocycles. The average molecular weight is 301 g/mol. The van der Waals surface area contributed by atoms with Crippen LogP contribution in [0.5, 0.6) is 5.75 Å². The Bertz CT molecular complexity index is 652. The van der Waals surface area contributed by atoms with Crippen molar-refractivity contribution < 1.29 is 4.74 Å². The maximum absolute atomic E-state index is 5.58. The van der Waals surface area contributed by atoms with Gasteiger partial charge in [-0.25, -0.2) is 0 Å². The summed E-state index contributed by atoms with van der Waals surface area (Å²) < 4.78 is 7.53. The van der Waals surface area contributed by atoms with Gasteiger partial charge in [-0.2, -0.15) is 0 Å². The number of fused-ring (bicyclic) bond motifs is 1. The van der Waals surface area contributed by atoms with Crippen LogP contribution in [-0.2, 0) is 6.54 Å². The van der Waals surface area contributed by atoms with E-state index in [0.717, 1.165) is 29.6 Å². The average Bonchev–Trinajstić information content (AvgIpc) is 2.97. The molecule has 1 atom stereocenters. The lowest BCUT2D eigenvalue weighted by molar-refractivity contribution is 0.276. The van der Waals surface area contributed by atoms with Gasteiger partial charge in [0.25, 0.3) is 0 Å². The largest absolute Gasteiger partial charge is 0.497 e. The van der Waals surface area contributed by atoms with Gasteiger partial charge < -0.3 is 19.5 Å². The van der Waals surface area contributed by atoms with Crippen LogP contribution >= 0.6 is 12.2 Å². The molecule has 5 heteroatoms. The number of nitrogens with one attached hydrogen (secondary N) is 1. The van der Waals surface area contributed by atoms with Crippen LogP contribution in [0, 0.1) is 0 Å². The molecule has 0 spiro atoms. The van der Waals surface area contributed by atoms with Crippen molar-refractivity contribution in [1.29, 1.82) is 0 Å². The molecule has 0 bridgehead atoms. The van der Waals surface area contributed by atoms with Crippen LogP contribution in [0.4, 0.5) is 5.69 Å². The topological polar surface area (TPSA) is 29.4 Å². The molecule has 2 heterocycles. The van der Waals surface area contributed by atoms with Gasteiger partial charge in [-0.1, -0.05) is 6.07 Å². The third-order valence-electron chi connectivity index (χ3n) is 3.92. The zero-order chi connectivity index (χ0) is 14.8. The van der Waals surface area contributed by atoms with Gasteiger partial charge in [0, 0.05) is 36.7 Å². The Morgan fingerprint density at radius 3 is 2.95 bits per heavy atom. The van der Waals surface area contributed by atoms with Crippen LogP contribution in [0.2, 0.25) is 0 Å².